The van der Waals surface area contributed by atoms with Crippen LogP contribution in [0.1, 0.15) is 51.3 Å². The van der Waals surface area contributed by atoms with E-state index in [0.29, 0.717) is 30.3 Å². The number of nitrogens with one attached hydrogen (secondary N) is 3. The molecule has 4 N–H and O–H groups in total. The molecule has 0 bridgehead atoms. The molecule has 1 saturated heterocycles. The van der Waals surface area contributed by atoms with Crippen molar-refractivity contribution in [3.63, 3.8) is 0 Å². The van der Waals surface area contributed by atoms with E-state index in [4.69, 9.17) is 4.99 Å². The van der Waals surface area contributed by atoms with Gasteiger partial charge in [-0.05, 0) is 63.9 Å². The molecule has 1 aliphatic heterocycles. The molecule has 3 aromatic carbocycles. The highest BCUT2D eigenvalue weighted by molar-refractivity contribution is 6.22. The van der Waals surface area contributed by atoms with Crippen molar-refractivity contribution in [1.82, 2.24) is 25.2 Å². The molecular weight excluding hydrogens is 574 g/mol. The Labute approximate surface area is 269 Å². The van der Waals surface area contributed by atoms with Gasteiger partial charge in [-0.25, -0.2) is 15.0 Å². The summed E-state index contributed by atoms with van der Waals surface area (Å²) in [5.74, 6) is 0.747. The van der Waals surface area contributed by atoms with Crippen molar-refractivity contribution >= 4 is 34.2 Å². The first-order chi connectivity index (χ1) is 22.1. The number of rotatable bonds is 8. The van der Waals surface area contributed by atoms with Gasteiger partial charge >= 0.3 is 0 Å². The third-order valence-electron chi connectivity index (χ3n) is 8.49. The Morgan fingerprint density at radius 1 is 1.02 bits per heavy atom. The molecule has 9 heteroatoms. The third kappa shape index (κ3) is 6.37. The number of H-pyrrole nitrogens is 1. The lowest BCUT2D eigenvalue weighted by molar-refractivity contribution is -0.137. The molecular formula is C37H41N7O2. The number of amides is 1. The van der Waals surface area contributed by atoms with Crippen LogP contribution in [0.25, 0.3) is 22.0 Å². The summed E-state index contributed by atoms with van der Waals surface area (Å²) in [7, 11) is 0. The zero-order valence-corrected chi connectivity index (χ0v) is 27.0. The normalized spacial score (nSPS) is 15.8. The van der Waals surface area contributed by atoms with E-state index in [0.717, 1.165) is 45.4 Å². The molecule has 6 rings (SSSR count). The average molecular weight is 616 g/mol. The number of anilines is 1. The van der Waals surface area contributed by atoms with E-state index in [2.05, 4.69) is 32.5 Å². The van der Waals surface area contributed by atoms with Crippen LogP contribution in [0.3, 0.4) is 0 Å². The van der Waals surface area contributed by atoms with Crippen molar-refractivity contribution in [2.75, 3.05) is 25.0 Å². The molecule has 0 unspecified atom stereocenters. The minimum Gasteiger partial charge on any atom is -0.494 e. The van der Waals surface area contributed by atoms with Gasteiger partial charge in [0.05, 0.1) is 22.4 Å². The van der Waals surface area contributed by atoms with Gasteiger partial charge in [0.25, 0.3) is 0 Å². The fourth-order valence-corrected chi connectivity index (χ4v) is 5.99. The van der Waals surface area contributed by atoms with Gasteiger partial charge in [-0.15, -0.1) is 0 Å². The van der Waals surface area contributed by atoms with Crippen molar-refractivity contribution in [3.05, 3.63) is 102 Å². The molecule has 1 aliphatic rings. The lowest BCUT2D eigenvalue weighted by Crippen LogP contribution is -2.55. The molecule has 236 valence electrons. The minimum atomic E-state index is -0.676. The highest BCUT2D eigenvalue weighted by Gasteiger charge is 2.35. The van der Waals surface area contributed by atoms with E-state index >= 15 is 0 Å². The summed E-state index contributed by atoms with van der Waals surface area (Å²) >= 11 is 0. The number of benzene rings is 3. The Bertz CT molecular complexity index is 1860. The molecule has 0 saturated carbocycles. The quantitative estimate of drug-likeness (QED) is 0.150. The number of fused-ring (bicyclic) bond motifs is 1. The Morgan fingerprint density at radius 3 is 2.41 bits per heavy atom. The fourth-order valence-electron chi connectivity index (χ4n) is 5.99. The number of aromatic hydroxyl groups is 1. The number of hydrogen-bond donors (Lipinski definition) is 4. The number of hydrogen-bond acceptors (Lipinski definition) is 7. The van der Waals surface area contributed by atoms with Crippen LogP contribution in [-0.2, 0) is 10.2 Å². The predicted molar refractivity (Wildman–Crippen MR) is 185 cm³/mol. The third-order valence-corrected chi connectivity index (χ3v) is 8.49. The first-order valence-electron chi connectivity index (χ1n) is 15.8. The van der Waals surface area contributed by atoms with Gasteiger partial charge in [0.1, 0.15) is 0 Å². The van der Waals surface area contributed by atoms with Crippen LogP contribution < -0.4 is 10.6 Å². The SMILES string of the molecule is CC(C)Nc1ncc(-c2ccc3c(C(=Nc4ccc(C(C)(C)C(=O)N5CCN[C@H](C)C5)cc4)c4ccccc4)c(O)[nH]c3c2)cn1. The van der Waals surface area contributed by atoms with Gasteiger partial charge in [-0.3, -0.25) is 4.79 Å². The number of carbonyl (C=O) groups excluding carboxylic acids is 1. The van der Waals surface area contributed by atoms with Crippen molar-refractivity contribution in [1.29, 1.82) is 0 Å². The fraction of sp³-hybridized carbons (Fsp3) is 0.297. The molecule has 9 nitrogen and oxygen atoms in total. The predicted octanol–water partition coefficient (Wildman–Crippen LogP) is 6.42. The van der Waals surface area contributed by atoms with Crippen LogP contribution in [0, 0.1) is 0 Å². The van der Waals surface area contributed by atoms with Crippen LogP contribution in [0.4, 0.5) is 11.6 Å². The van der Waals surface area contributed by atoms with Crippen LogP contribution in [-0.4, -0.2) is 68.3 Å². The summed E-state index contributed by atoms with van der Waals surface area (Å²) in [5, 5.41) is 18.7. The second-order valence-electron chi connectivity index (χ2n) is 12.8. The van der Waals surface area contributed by atoms with E-state index in [-0.39, 0.29) is 23.9 Å². The van der Waals surface area contributed by atoms with Crippen LogP contribution >= 0.6 is 0 Å². The zero-order chi connectivity index (χ0) is 32.4. The summed E-state index contributed by atoms with van der Waals surface area (Å²) < 4.78 is 0. The number of aromatic nitrogens is 3. The maximum absolute atomic E-state index is 13.5. The van der Waals surface area contributed by atoms with Gasteiger partial charge < -0.3 is 25.6 Å². The Hall–Kier alpha value is -5.02. The monoisotopic (exact) mass is 615 g/mol. The largest absolute Gasteiger partial charge is 0.494 e. The van der Waals surface area contributed by atoms with E-state index in [1.54, 1.807) is 12.4 Å². The smallest absolute Gasteiger partial charge is 0.232 e. The van der Waals surface area contributed by atoms with E-state index < -0.39 is 5.41 Å². The average Bonchev–Trinajstić information content (AvgIpc) is 3.38. The summed E-state index contributed by atoms with van der Waals surface area (Å²) in [6.45, 7) is 12.4. The second kappa shape index (κ2) is 12.8. The molecule has 2 aromatic heterocycles. The first-order valence-corrected chi connectivity index (χ1v) is 15.8. The van der Waals surface area contributed by atoms with Crippen LogP contribution in [0.15, 0.2) is 90.2 Å². The topological polar surface area (TPSA) is 119 Å². The number of aliphatic imine (C=N–C) groups is 1. The molecule has 0 spiro atoms. The van der Waals surface area contributed by atoms with Crippen molar-refractivity contribution < 1.29 is 9.90 Å². The minimum absolute atomic E-state index is 0.0380. The van der Waals surface area contributed by atoms with Gasteiger partial charge in [-0.2, -0.15) is 0 Å². The molecule has 1 amide bonds. The summed E-state index contributed by atoms with van der Waals surface area (Å²) in [5.41, 5.74) is 5.69. The number of piperazine rings is 1. The standard InChI is InChI=1S/C37H41N7O2/c1-23(2)41-36-39-20-27(21-40-36)26-11-16-30-31(19-26)43-34(45)32(30)33(25-9-7-6-8-10-25)42-29-14-12-28(13-15-29)37(4,5)35(46)44-18-17-38-24(3)22-44/h6-16,19-21,23-24,38,43,45H,17-18,22H2,1-5H3,(H,39,40,41)/t24-/m1/s1. The van der Waals surface area contributed by atoms with Crippen molar-refractivity contribution in [2.45, 2.75) is 52.1 Å². The number of nitrogens with zero attached hydrogens (tertiary/aromatic N) is 4. The summed E-state index contributed by atoms with van der Waals surface area (Å²) in [4.78, 5) is 32.6. The molecule has 3 heterocycles. The Balaban J connectivity index is 1.34. The Kier molecular flexibility index (Phi) is 8.60. The van der Waals surface area contributed by atoms with Gasteiger partial charge in [0.2, 0.25) is 11.9 Å². The second-order valence-corrected chi connectivity index (χ2v) is 12.8. The molecule has 0 aliphatic carbocycles. The number of aromatic amines is 1. The lowest BCUT2D eigenvalue weighted by Gasteiger charge is -2.37. The molecule has 5 aromatic rings. The lowest BCUT2D eigenvalue weighted by atomic mass is 9.82. The first kappa shape index (κ1) is 31.0. The molecule has 1 fully saturated rings. The van der Waals surface area contributed by atoms with Crippen LogP contribution in [0.5, 0.6) is 5.88 Å². The zero-order valence-electron chi connectivity index (χ0n) is 27.0. The maximum Gasteiger partial charge on any atom is 0.232 e. The van der Waals surface area contributed by atoms with Gasteiger partial charge in [0, 0.05) is 66.1 Å². The van der Waals surface area contributed by atoms with Gasteiger partial charge in [0.15, 0.2) is 5.88 Å². The molecule has 0 radical (unpaired) electrons. The molecule has 46 heavy (non-hydrogen) atoms. The van der Waals surface area contributed by atoms with Crippen LogP contribution in [0.2, 0.25) is 0 Å². The van der Waals surface area contributed by atoms with Crippen molar-refractivity contribution in [2.24, 2.45) is 4.99 Å². The maximum atomic E-state index is 13.5. The van der Waals surface area contributed by atoms with Crippen molar-refractivity contribution in [3.8, 4) is 17.0 Å². The summed E-state index contributed by atoms with van der Waals surface area (Å²) in [6, 6.07) is 24.2. The Morgan fingerprint density at radius 2 is 1.74 bits per heavy atom. The molecule has 1 atom stereocenters. The van der Waals surface area contributed by atoms with E-state index in [1.165, 1.54) is 0 Å². The highest BCUT2D eigenvalue weighted by Crippen LogP contribution is 2.35. The number of carbonyl (C=O) groups is 1. The van der Waals surface area contributed by atoms with Gasteiger partial charge in [-0.1, -0.05) is 54.6 Å². The highest BCUT2D eigenvalue weighted by atomic mass is 16.3. The van der Waals surface area contributed by atoms with E-state index in [1.807, 2.05) is 105 Å². The van der Waals surface area contributed by atoms with E-state index in [9.17, 15) is 9.90 Å². The summed E-state index contributed by atoms with van der Waals surface area (Å²) in [6.07, 6.45) is 3.59.